The molecule has 0 bridgehead atoms. The Morgan fingerprint density at radius 2 is 2.09 bits per heavy atom. The molecule has 0 radical (unpaired) electrons. The number of fused-ring (bicyclic) bond motifs is 1. The summed E-state index contributed by atoms with van der Waals surface area (Å²) in [5, 5.41) is 14.2. The highest BCUT2D eigenvalue weighted by Gasteiger charge is 2.34. The quantitative estimate of drug-likeness (QED) is 0.900. The fourth-order valence-electron chi connectivity index (χ4n) is 2.84. The van der Waals surface area contributed by atoms with Crippen molar-refractivity contribution in [2.75, 3.05) is 6.54 Å². The maximum Gasteiger partial charge on any atom is 0.433 e. The van der Waals surface area contributed by atoms with E-state index in [-0.39, 0.29) is 12.1 Å². The van der Waals surface area contributed by atoms with Crippen LogP contribution in [0, 0.1) is 6.92 Å². The molecule has 2 N–H and O–H groups in total. The lowest BCUT2D eigenvalue weighted by molar-refractivity contribution is -0.141. The molecule has 0 amide bonds. The minimum Gasteiger partial charge on any atom is -0.387 e. The van der Waals surface area contributed by atoms with E-state index in [1.54, 1.807) is 25.1 Å². The second-order valence-electron chi connectivity index (χ2n) is 6.12. The summed E-state index contributed by atoms with van der Waals surface area (Å²) in [5.41, 5.74) is 0.267. The summed E-state index contributed by atoms with van der Waals surface area (Å²) < 4.78 is 39.3. The number of aliphatic hydroxyl groups excluding tert-OH is 1. The number of benzene rings is 1. The van der Waals surface area contributed by atoms with E-state index in [2.05, 4.69) is 10.3 Å². The predicted octanol–water partition coefficient (Wildman–Crippen LogP) is 3.74. The fraction of sp³-hybridized carbons (Fsp3) is 0.471. The minimum atomic E-state index is -4.54. The highest BCUT2D eigenvalue weighted by Crippen LogP contribution is 2.34. The van der Waals surface area contributed by atoms with Gasteiger partial charge in [-0.3, -0.25) is 0 Å². The lowest BCUT2D eigenvalue weighted by Crippen LogP contribution is -2.37. The van der Waals surface area contributed by atoms with Crippen molar-refractivity contribution in [3.8, 4) is 0 Å². The highest BCUT2D eigenvalue weighted by molar-refractivity contribution is 5.85. The number of nitrogens with one attached hydrogen (secondary N) is 1. The third-order valence-electron chi connectivity index (χ3n) is 4.43. The smallest absolute Gasteiger partial charge is 0.387 e. The van der Waals surface area contributed by atoms with Crippen molar-refractivity contribution in [2.45, 2.75) is 44.5 Å². The van der Waals surface area contributed by atoms with Crippen LogP contribution >= 0.6 is 0 Å². The molecule has 3 nitrogen and oxygen atoms in total. The van der Waals surface area contributed by atoms with Gasteiger partial charge < -0.3 is 10.4 Å². The Labute approximate surface area is 132 Å². The van der Waals surface area contributed by atoms with Gasteiger partial charge in [0.15, 0.2) is 0 Å². The first-order valence-electron chi connectivity index (χ1n) is 7.75. The molecule has 1 aromatic heterocycles. The van der Waals surface area contributed by atoms with E-state index in [9.17, 15) is 18.3 Å². The van der Waals surface area contributed by atoms with Gasteiger partial charge in [-0.15, -0.1) is 0 Å². The Kier molecular flexibility index (Phi) is 4.29. The Morgan fingerprint density at radius 1 is 1.35 bits per heavy atom. The first-order valence-corrected chi connectivity index (χ1v) is 7.75. The van der Waals surface area contributed by atoms with Crippen LogP contribution in [0.25, 0.3) is 10.9 Å². The third-order valence-corrected chi connectivity index (χ3v) is 4.43. The first-order chi connectivity index (χ1) is 10.9. The van der Waals surface area contributed by atoms with Gasteiger partial charge in [-0.05, 0) is 37.0 Å². The molecule has 23 heavy (non-hydrogen) atoms. The van der Waals surface area contributed by atoms with Crippen molar-refractivity contribution in [3.63, 3.8) is 0 Å². The van der Waals surface area contributed by atoms with Gasteiger partial charge in [-0.1, -0.05) is 24.6 Å². The zero-order valence-corrected chi connectivity index (χ0v) is 12.8. The van der Waals surface area contributed by atoms with Gasteiger partial charge in [-0.25, -0.2) is 4.98 Å². The number of aromatic nitrogens is 1. The van der Waals surface area contributed by atoms with Gasteiger partial charge >= 0.3 is 6.18 Å². The van der Waals surface area contributed by atoms with Crippen LogP contribution in [0.3, 0.4) is 0 Å². The van der Waals surface area contributed by atoms with E-state index in [0.29, 0.717) is 22.5 Å². The second kappa shape index (κ2) is 6.09. The molecule has 1 fully saturated rings. The topological polar surface area (TPSA) is 45.1 Å². The summed E-state index contributed by atoms with van der Waals surface area (Å²) in [6.07, 6.45) is -2.27. The number of hydrogen-bond acceptors (Lipinski definition) is 3. The molecule has 1 heterocycles. The van der Waals surface area contributed by atoms with Gasteiger partial charge in [0.2, 0.25) is 0 Å². The van der Waals surface area contributed by atoms with Crippen LogP contribution in [0.2, 0.25) is 0 Å². The van der Waals surface area contributed by atoms with Crippen molar-refractivity contribution < 1.29 is 18.3 Å². The van der Waals surface area contributed by atoms with Crippen LogP contribution in [0.4, 0.5) is 13.2 Å². The van der Waals surface area contributed by atoms with Crippen molar-refractivity contribution in [1.29, 1.82) is 0 Å². The van der Waals surface area contributed by atoms with Gasteiger partial charge in [0, 0.05) is 18.0 Å². The molecule has 0 aliphatic heterocycles. The minimum absolute atomic E-state index is 0.245. The number of halogens is 3. The lowest BCUT2D eigenvalue weighted by Gasteiger charge is -2.28. The van der Waals surface area contributed by atoms with E-state index in [1.807, 2.05) is 0 Å². The maximum atomic E-state index is 13.1. The van der Waals surface area contributed by atoms with Crippen molar-refractivity contribution >= 4 is 10.9 Å². The Morgan fingerprint density at radius 3 is 2.70 bits per heavy atom. The molecule has 1 unspecified atom stereocenters. The Balaban J connectivity index is 2.00. The van der Waals surface area contributed by atoms with Gasteiger partial charge in [-0.2, -0.15) is 13.2 Å². The third kappa shape index (κ3) is 3.33. The number of rotatable bonds is 4. The average molecular weight is 324 g/mol. The van der Waals surface area contributed by atoms with Crippen molar-refractivity contribution in [2.24, 2.45) is 0 Å². The number of pyridine rings is 1. The van der Waals surface area contributed by atoms with Crippen LogP contribution in [-0.4, -0.2) is 22.7 Å². The summed E-state index contributed by atoms with van der Waals surface area (Å²) in [6, 6.07) is 6.52. The van der Waals surface area contributed by atoms with Gasteiger partial charge in [0.1, 0.15) is 5.69 Å². The number of alkyl halides is 3. The Hall–Kier alpha value is -1.66. The SMILES string of the molecule is Cc1cccc2c(C(O)CNC3CCC3)cc(C(F)(F)F)nc12. The largest absolute Gasteiger partial charge is 0.433 e. The van der Waals surface area contributed by atoms with E-state index in [1.165, 1.54) is 0 Å². The van der Waals surface area contributed by atoms with Crippen LogP contribution in [-0.2, 0) is 6.18 Å². The normalized spacial score (nSPS) is 17.3. The molecule has 124 valence electrons. The molecule has 2 aromatic rings. The first kappa shape index (κ1) is 16.2. The molecule has 3 rings (SSSR count). The Bertz CT molecular complexity index is 711. The molecule has 1 aliphatic rings. The average Bonchev–Trinajstić information content (AvgIpc) is 2.44. The number of nitrogens with zero attached hydrogens (tertiary/aromatic N) is 1. The molecule has 6 heteroatoms. The number of hydrogen-bond donors (Lipinski definition) is 2. The summed E-state index contributed by atoms with van der Waals surface area (Å²) in [6.45, 7) is 1.97. The van der Waals surface area contributed by atoms with Crippen LogP contribution in [0.5, 0.6) is 0 Å². The van der Waals surface area contributed by atoms with Crippen LogP contribution < -0.4 is 5.32 Å². The molecular weight excluding hydrogens is 305 g/mol. The van der Waals surface area contributed by atoms with Crippen molar-refractivity contribution in [3.05, 3.63) is 41.1 Å². The number of aliphatic hydroxyl groups is 1. The summed E-state index contributed by atoms with van der Waals surface area (Å²) in [7, 11) is 0. The van der Waals surface area contributed by atoms with Crippen LogP contribution in [0.1, 0.15) is 42.2 Å². The summed E-state index contributed by atoms with van der Waals surface area (Å²) in [4.78, 5) is 3.76. The summed E-state index contributed by atoms with van der Waals surface area (Å²) in [5.74, 6) is 0. The summed E-state index contributed by atoms with van der Waals surface area (Å²) >= 11 is 0. The molecule has 1 aliphatic carbocycles. The molecule has 0 saturated heterocycles. The zero-order chi connectivity index (χ0) is 16.6. The molecule has 1 atom stereocenters. The van der Waals surface area contributed by atoms with E-state index in [4.69, 9.17) is 0 Å². The van der Waals surface area contributed by atoms with E-state index < -0.39 is 18.0 Å². The fourth-order valence-corrected chi connectivity index (χ4v) is 2.84. The lowest BCUT2D eigenvalue weighted by atomic mass is 9.92. The number of aryl methyl sites for hydroxylation is 1. The molecule has 0 spiro atoms. The van der Waals surface area contributed by atoms with Crippen molar-refractivity contribution in [1.82, 2.24) is 10.3 Å². The monoisotopic (exact) mass is 324 g/mol. The van der Waals surface area contributed by atoms with E-state index in [0.717, 1.165) is 25.3 Å². The zero-order valence-electron chi connectivity index (χ0n) is 12.8. The second-order valence-corrected chi connectivity index (χ2v) is 6.12. The van der Waals surface area contributed by atoms with E-state index >= 15 is 0 Å². The predicted molar refractivity (Wildman–Crippen MR) is 82.1 cm³/mol. The maximum absolute atomic E-state index is 13.1. The molecular formula is C17H19F3N2O. The molecule has 1 aromatic carbocycles. The highest BCUT2D eigenvalue weighted by atomic mass is 19.4. The van der Waals surface area contributed by atoms with Gasteiger partial charge in [0.05, 0.1) is 11.6 Å². The number of para-hydroxylation sites is 1. The molecule has 1 saturated carbocycles. The van der Waals surface area contributed by atoms with Crippen LogP contribution in [0.15, 0.2) is 24.3 Å². The van der Waals surface area contributed by atoms with Gasteiger partial charge in [0.25, 0.3) is 0 Å². The standard InChI is InChI=1S/C17H19F3N2O/c1-10-4-2-7-12-13(14(23)9-21-11-5-3-6-11)8-15(17(18,19)20)22-16(10)12/h2,4,7-8,11,14,21,23H,3,5-6,9H2,1H3.